The topological polar surface area (TPSA) is 121 Å². The Morgan fingerprint density at radius 3 is 2.34 bits per heavy atom. The summed E-state index contributed by atoms with van der Waals surface area (Å²) in [4.78, 5) is 3.77. The van der Waals surface area contributed by atoms with E-state index in [-0.39, 0.29) is 32.6 Å². The summed E-state index contributed by atoms with van der Waals surface area (Å²) >= 11 is 11.9. The van der Waals surface area contributed by atoms with Crippen LogP contribution in [-0.4, -0.2) is 23.1 Å². The molecule has 162 valence electrons. The Morgan fingerprint density at radius 2 is 1.62 bits per heavy atom. The zero-order chi connectivity index (χ0) is 22.9. The highest BCUT2D eigenvalue weighted by Gasteiger charge is 2.16. The highest BCUT2D eigenvalue weighted by Crippen LogP contribution is 2.37. The van der Waals surface area contributed by atoms with E-state index in [1.165, 1.54) is 42.6 Å². The molecule has 8 nitrogen and oxygen atoms in total. The van der Waals surface area contributed by atoms with Crippen LogP contribution >= 0.6 is 23.2 Å². The van der Waals surface area contributed by atoms with Crippen LogP contribution in [0.4, 0.5) is 11.4 Å². The van der Waals surface area contributed by atoms with Crippen molar-refractivity contribution in [1.82, 2.24) is 4.98 Å². The van der Waals surface area contributed by atoms with Crippen LogP contribution in [0.1, 0.15) is 0 Å². The number of hydrogen-bond acceptors (Lipinski definition) is 7. The number of hydrogen-bond donors (Lipinski definition) is 2. The van der Waals surface area contributed by atoms with E-state index in [0.29, 0.717) is 21.8 Å². The summed E-state index contributed by atoms with van der Waals surface area (Å²) in [5.41, 5.74) is 0.427. The molecule has 0 spiro atoms. The maximum absolute atomic E-state index is 11.6. The fourth-order valence-corrected chi connectivity index (χ4v) is 4.03. The summed E-state index contributed by atoms with van der Waals surface area (Å²) in [5, 5.41) is 19.7. The van der Waals surface area contributed by atoms with Crippen molar-refractivity contribution in [2.45, 2.75) is 4.90 Å². The lowest BCUT2D eigenvalue weighted by Crippen LogP contribution is -1.98. The molecule has 4 rings (SSSR count). The van der Waals surface area contributed by atoms with Gasteiger partial charge in [-0.05, 0) is 30.3 Å². The van der Waals surface area contributed by atoms with Crippen molar-refractivity contribution in [3.63, 3.8) is 0 Å². The van der Waals surface area contributed by atoms with Crippen molar-refractivity contribution in [1.29, 1.82) is 0 Å². The van der Waals surface area contributed by atoms with Crippen molar-refractivity contribution < 1.29 is 22.8 Å². The Bertz CT molecular complexity index is 1480. The predicted molar refractivity (Wildman–Crippen MR) is 120 cm³/mol. The molecule has 0 unspecified atom stereocenters. The van der Waals surface area contributed by atoms with Crippen LogP contribution in [0, 0.1) is 0 Å². The normalized spacial score (nSPS) is 11.8. The van der Waals surface area contributed by atoms with E-state index in [2.05, 4.69) is 15.2 Å². The Balaban J connectivity index is 1.70. The number of ether oxygens (including phenoxy) is 1. The van der Waals surface area contributed by atoms with Gasteiger partial charge < -0.3 is 9.84 Å². The zero-order valence-corrected chi connectivity index (χ0v) is 18.3. The quantitative estimate of drug-likeness (QED) is 0.237. The summed E-state index contributed by atoms with van der Waals surface area (Å²) in [6.45, 7) is 0. The second kappa shape index (κ2) is 8.71. The second-order valence-electron chi connectivity index (χ2n) is 6.50. The van der Waals surface area contributed by atoms with Gasteiger partial charge in [0.05, 0.1) is 10.7 Å². The summed E-state index contributed by atoms with van der Waals surface area (Å²) in [6.07, 6.45) is 1.38. The van der Waals surface area contributed by atoms with E-state index in [1.807, 2.05) is 0 Å². The van der Waals surface area contributed by atoms with E-state index in [9.17, 15) is 18.1 Å². The Labute approximate surface area is 192 Å². The highest BCUT2D eigenvalue weighted by molar-refractivity contribution is 7.86. The van der Waals surface area contributed by atoms with E-state index >= 15 is 0 Å². The molecule has 3 aromatic carbocycles. The standard InChI is InChI=1S/C21H13Cl2N3O5S/c22-12-9-16(23)21(24-11-12)31-13-5-7-19(27)18(10-13)26-25-17-6-8-20(32(28,29)30)15-4-2-1-3-14(15)17/h1-11,27H,(H,28,29,30). The summed E-state index contributed by atoms with van der Waals surface area (Å²) in [7, 11) is -4.42. The monoisotopic (exact) mass is 489 g/mol. The summed E-state index contributed by atoms with van der Waals surface area (Å²) in [5.74, 6) is 0.256. The van der Waals surface area contributed by atoms with Crippen molar-refractivity contribution in [3.8, 4) is 17.4 Å². The molecule has 0 aliphatic heterocycles. The Morgan fingerprint density at radius 1 is 0.906 bits per heavy atom. The minimum atomic E-state index is -4.42. The lowest BCUT2D eigenvalue weighted by Gasteiger charge is -2.08. The zero-order valence-electron chi connectivity index (χ0n) is 16.0. The van der Waals surface area contributed by atoms with Gasteiger partial charge in [0.15, 0.2) is 0 Å². The lowest BCUT2D eigenvalue weighted by molar-refractivity contribution is 0.455. The maximum atomic E-state index is 11.6. The number of benzene rings is 3. The number of aromatic hydroxyl groups is 1. The van der Waals surface area contributed by atoms with Crippen LogP contribution in [0.25, 0.3) is 10.8 Å². The third kappa shape index (κ3) is 4.66. The molecular formula is C21H13Cl2N3O5S. The first-order valence-corrected chi connectivity index (χ1v) is 11.1. The Kier molecular flexibility index (Phi) is 5.98. The number of nitrogens with zero attached hydrogens (tertiary/aromatic N) is 3. The van der Waals surface area contributed by atoms with Gasteiger partial charge in [-0.3, -0.25) is 4.55 Å². The lowest BCUT2D eigenvalue weighted by atomic mass is 10.1. The smallest absolute Gasteiger partial charge is 0.295 e. The van der Waals surface area contributed by atoms with Crippen molar-refractivity contribution in [2.75, 3.05) is 0 Å². The number of rotatable bonds is 5. The van der Waals surface area contributed by atoms with Gasteiger partial charge in [0.2, 0.25) is 5.88 Å². The minimum Gasteiger partial charge on any atom is -0.506 e. The molecule has 1 heterocycles. The summed E-state index contributed by atoms with van der Waals surface area (Å²) < 4.78 is 38.4. The van der Waals surface area contributed by atoms with Crippen molar-refractivity contribution in [2.24, 2.45) is 10.2 Å². The predicted octanol–water partition coefficient (Wildman–Crippen LogP) is 6.70. The molecular weight excluding hydrogens is 477 g/mol. The molecule has 0 saturated carbocycles. The van der Waals surface area contributed by atoms with Gasteiger partial charge in [-0.25, -0.2) is 4.98 Å². The van der Waals surface area contributed by atoms with E-state index < -0.39 is 10.1 Å². The number of phenols is 1. The molecule has 0 atom stereocenters. The molecule has 0 aliphatic carbocycles. The molecule has 32 heavy (non-hydrogen) atoms. The molecule has 0 bridgehead atoms. The fraction of sp³-hybridized carbons (Fsp3) is 0. The number of fused-ring (bicyclic) bond motifs is 1. The first-order valence-electron chi connectivity index (χ1n) is 8.95. The number of halogens is 2. The number of azo groups is 1. The average Bonchev–Trinajstić information content (AvgIpc) is 2.75. The number of aromatic nitrogens is 1. The van der Waals surface area contributed by atoms with Crippen LogP contribution in [0.15, 0.2) is 82.0 Å². The molecule has 0 aliphatic rings. The van der Waals surface area contributed by atoms with Gasteiger partial charge >= 0.3 is 0 Å². The van der Waals surface area contributed by atoms with E-state index in [1.54, 1.807) is 24.3 Å². The van der Waals surface area contributed by atoms with Gasteiger partial charge in [-0.1, -0.05) is 47.5 Å². The molecule has 4 aromatic rings. The highest BCUT2D eigenvalue weighted by atomic mass is 35.5. The largest absolute Gasteiger partial charge is 0.506 e. The maximum Gasteiger partial charge on any atom is 0.295 e. The van der Waals surface area contributed by atoms with Crippen LogP contribution < -0.4 is 4.74 Å². The molecule has 1 aromatic heterocycles. The van der Waals surface area contributed by atoms with Crippen molar-refractivity contribution in [3.05, 3.63) is 76.9 Å². The molecule has 0 radical (unpaired) electrons. The van der Waals surface area contributed by atoms with Crippen LogP contribution in [0.5, 0.6) is 17.4 Å². The molecule has 0 fully saturated rings. The van der Waals surface area contributed by atoms with E-state index in [4.69, 9.17) is 27.9 Å². The summed E-state index contributed by atoms with van der Waals surface area (Å²) in [6, 6.07) is 14.9. The average molecular weight is 490 g/mol. The van der Waals surface area contributed by atoms with Crippen LogP contribution in [0.2, 0.25) is 10.0 Å². The second-order valence-corrected chi connectivity index (χ2v) is 8.73. The van der Waals surface area contributed by atoms with E-state index in [0.717, 1.165) is 0 Å². The third-order valence-corrected chi connectivity index (χ3v) is 5.73. The van der Waals surface area contributed by atoms with Crippen LogP contribution in [0.3, 0.4) is 0 Å². The van der Waals surface area contributed by atoms with Gasteiger partial charge in [0.1, 0.15) is 27.1 Å². The molecule has 0 amide bonds. The molecule has 2 N–H and O–H groups in total. The first-order chi connectivity index (χ1) is 15.2. The van der Waals surface area contributed by atoms with Gasteiger partial charge in [-0.2, -0.15) is 8.42 Å². The SMILES string of the molecule is O=S(=O)(O)c1ccc(N=Nc2cc(Oc3ncc(Cl)cc3Cl)ccc2O)c2ccccc12. The van der Waals surface area contributed by atoms with Gasteiger partial charge in [0.25, 0.3) is 10.1 Å². The number of phenolic OH excluding ortho intramolecular Hbond substituents is 1. The van der Waals surface area contributed by atoms with Gasteiger partial charge in [-0.15, -0.1) is 10.2 Å². The first kappa shape index (κ1) is 22.0. The minimum absolute atomic E-state index is 0.0931. The number of pyridine rings is 1. The van der Waals surface area contributed by atoms with Crippen LogP contribution in [-0.2, 0) is 10.1 Å². The third-order valence-electron chi connectivity index (χ3n) is 4.34. The van der Waals surface area contributed by atoms with Crippen molar-refractivity contribution >= 4 is 55.5 Å². The Hall–Kier alpha value is -3.24. The van der Waals surface area contributed by atoms with Gasteiger partial charge in [0, 0.05) is 23.0 Å². The fourth-order valence-electron chi connectivity index (χ4n) is 2.91. The molecule has 0 saturated heterocycles. The molecule has 11 heteroatoms.